The van der Waals surface area contributed by atoms with Crippen molar-refractivity contribution in [3.05, 3.63) is 60.8 Å². The van der Waals surface area contributed by atoms with Gasteiger partial charge in [0.1, 0.15) is 6.61 Å². The first-order chi connectivity index (χ1) is 27.7. The van der Waals surface area contributed by atoms with Crippen LogP contribution in [0.15, 0.2) is 60.8 Å². The summed E-state index contributed by atoms with van der Waals surface area (Å²) in [4.78, 5) is 42.9. The first kappa shape index (κ1) is 54.7. The molecule has 57 heavy (non-hydrogen) atoms. The molecule has 9 nitrogen and oxygen atoms in total. The van der Waals surface area contributed by atoms with E-state index in [2.05, 4.69) is 36.6 Å². The molecule has 0 heterocycles. The second-order valence-electron chi connectivity index (χ2n) is 15.2. The van der Waals surface area contributed by atoms with Gasteiger partial charge in [0.25, 0.3) is 0 Å². The molecule has 0 bridgehead atoms. The van der Waals surface area contributed by atoms with E-state index in [0.29, 0.717) is 25.7 Å². The molecular weight excluding hydrogens is 739 g/mol. The number of allylic oxidation sites excluding steroid dienone is 8. The van der Waals surface area contributed by atoms with Crippen LogP contribution in [0.5, 0.6) is 0 Å². The van der Waals surface area contributed by atoms with Gasteiger partial charge in [-0.1, -0.05) is 177 Å². The van der Waals surface area contributed by atoms with E-state index < -0.39 is 38.6 Å². The summed E-state index contributed by atoms with van der Waals surface area (Å²) in [5.41, 5.74) is 0. The molecule has 0 aliphatic rings. The number of carbonyl (C=O) groups excluding carboxylic acids is 2. The van der Waals surface area contributed by atoms with Gasteiger partial charge in [-0.25, -0.2) is 4.57 Å². The highest BCUT2D eigenvalue weighted by atomic mass is 31.2. The van der Waals surface area contributed by atoms with Crippen molar-refractivity contribution in [2.45, 2.75) is 212 Å². The highest BCUT2D eigenvalue weighted by Crippen LogP contribution is 2.36. The fourth-order valence-electron chi connectivity index (χ4n) is 6.15. The lowest BCUT2D eigenvalue weighted by Crippen LogP contribution is -2.29. The third-order valence-electron chi connectivity index (χ3n) is 9.59. The summed E-state index contributed by atoms with van der Waals surface area (Å²) in [5, 5.41) is 10.0. The van der Waals surface area contributed by atoms with Gasteiger partial charge in [0.15, 0.2) is 6.10 Å². The molecular formula is C47H83O9P. The molecule has 0 unspecified atom stereocenters. The van der Waals surface area contributed by atoms with E-state index in [4.69, 9.17) is 19.3 Å². The molecule has 0 aromatic carbocycles. The Morgan fingerprint density at radius 2 is 1.02 bits per heavy atom. The lowest BCUT2D eigenvalue weighted by atomic mass is 10.0. The maximum atomic E-state index is 12.4. The Kier molecular flexibility index (Phi) is 40.2. The lowest BCUT2D eigenvalue weighted by Gasteiger charge is -2.18. The van der Waals surface area contributed by atoms with Crippen molar-refractivity contribution in [3.63, 3.8) is 0 Å². The molecule has 3 N–H and O–H groups in total. The predicted molar refractivity (Wildman–Crippen MR) is 236 cm³/mol. The second-order valence-corrected chi connectivity index (χ2v) is 16.5. The number of aliphatic hydroxyl groups excluding tert-OH is 1. The normalized spacial score (nSPS) is 13.6. The van der Waals surface area contributed by atoms with E-state index in [-0.39, 0.29) is 19.4 Å². The average Bonchev–Trinajstić information content (AvgIpc) is 3.18. The van der Waals surface area contributed by atoms with Crippen LogP contribution in [-0.2, 0) is 28.2 Å². The Labute approximate surface area is 348 Å². The summed E-state index contributed by atoms with van der Waals surface area (Å²) in [7, 11) is -4.79. The number of hydrogen-bond donors (Lipinski definition) is 3. The molecule has 2 atom stereocenters. The number of carbonyl (C=O) groups is 2. The summed E-state index contributed by atoms with van der Waals surface area (Å²) < 4.78 is 26.4. The highest BCUT2D eigenvalue weighted by molar-refractivity contribution is 7.46. The van der Waals surface area contributed by atoms with Gasteiger partial charge in [0, 0.05) is 12.8 Å². The van der Waals surface area contributed by atoms with Gasteiger partial charge < -0.3 is 24.4 Å². The van der Waals surface area contributed by atoms with Crippen molar-refractivity contribution >= 4 is 19.8 Å². The minimum absolute atomic E-state index is 0.156. The summed E-state index contributed by atoms with van der Waals surface area (Å²) in [6.07, 6.45) is 49.7. The van der Waals surface area contributed by atoms with Crippen molar-refractivity contribution in [3.8, 4) is 0 Å². The molecule has 0 fully saturated rings. The molecule has 0 radical (unpaired) electrons. The van der Waals surface area contributed by atoms with Crippen molar-refractivity contribution in [1.29, 1.82) is 0 Å². The zero-order chi connectivity index (χ0) is 41.9. The van der Waals surface area contributed by atoms with E-state index in [0.717, 1.165) is 32.1 Å². The van der Waals surface area contributed by atoms with Crippen LogP contribution in [0, 0.1) is 0 Å². The molecule has 0 amide bonds. The van der Waals surface area contributed by atoms with Gasteiger partial charge in [0.05, 0.1) is 12.7 Å². The number of phosphoric ester groups is 1. The van der Waals surface area contributed by atoms with Crippen LogP contribution >= 0.6 is 7.82 Å². The van der Waals surface area contributed by atoms with E-state index >= 15 is 0 Å². The molecule has 0 saturated carbocycles. The van der Waals surface area contributed by atoms with Crippen molar-refractivity contribution in [2.24, 2.45) is 0 Å². The summed E-state index contributed by atoms with van der Waals surface area (Å²) >= 11 is 0. The maximum absolute atomic E-state index is 12.4. The minimum Gasteiger partial charge on any atom is -0.462 e. The van der Waals surface area contributed by atoms with Crippen molar-refractivity contribution in [1.82, 2.24) is 0 Å². The van der Waals surface area contributed by atoms with E-state index in [1.807, 2.05) is 36.5 Å². The summed E-state index contributed by atoms with van der Waals surface area (Å²) in [6.45, 7) is 3.54. The number of ether oxygens (including phenoxy) is 2. The third kappa shape index (κ3) is 44.7. The molecule has 10 heteroatoms. The van der Waals surface area contributed by atoms with Crippen LogP contribution in [0.25, 0.3) is 0 Å². The van der Waals surface area contributed by atoms with Crippen LogP contribution in [-0.4, -0.2) is 52.3 Å². The van der Waals surface area contributed by atoms with E-state index in [1.54, 1.807) is 6.08 Å². The highest BCUT2D eigenvalue weighted by Gasteiger charge is 2.22. The molecule has 0 aliphatic carbocycles. The minimum atomic E-state index is -4.79. The van der Waals surface area contributed by atoms with Gasteiger partial charge in [-0.05, 0) is 70.6 Å². The number of esters is 2. The molecule has 0 aromatic rings. The second kappa shape index (κ2) is 41.9. The van der Waals surface area contributed by atoms with Crippen molar-refractivity contribution < 1.29 is 43.0 Å². The van der Waals surface area contributed by atoms with Gasteiger partial charge in [-0.2, -0.15) is 0 Å². The van der Waals surface area contributed by atoms with E-state index in [1.165, 1.54) is 116 Å². The Balaban J connectivity index is 4.00. The number of phosphoric acid groups is 1. The molecule has 0 aromatic heterocycles. The zero-order valence-electron chi connectivity index (χ0n) is 36.1. The summed E-state index contributed by atoms with van der Waals surface area (Å²) in [6, 6.07) is 0. The Hall–Kier alpha value is -2.29. The summed E-state index contributed by atoms with van der Waals surface area (Å²) in [5.74, 6) is -0.991. The number of hydrogen-bond acceptors (Lipinski definition) is 7. The Bertz CT molecular complexity index is 1120. The zero-order valence-corrected chi connectivity index (χ0v) is 37.0. The maximum Gasteiger partial charge on any atom is 0.469 e. The van der Waals surface area contributed by atoms with Gasteiger partial charge in [-0.15, -0.1) is 0 Å². The van der Waals surface area contributed by atoms with E-state index in [9.17, 15) is 19.3 Å². The first-order valence-corrected chi connectivity index (χ1v) is 24.2. The van der Waals surface area contributed by atoms with Gasteiger partial charge >= 0.3 is 19.8 Å². The third-order valence-corrected chi connectivity index (χ3v) is 10.1. The Morgan fingerprint density at radius 1 is 0.544 bits per heavy atom. The van der Waals surface area contributed by atoms with Crippen LogP contribution < -0.4 is 0 Å². The quantitative estimate of drug-likeness (QED) is 0.0181. The monoisotopic (exact) mass is 823 g/mol. The lowest BCUT2D eigenvalue weighted by molar-refractivity contribution is -0.161. The van der Waals surface area contributed by atoms with Crippen LogP contribution in [0.2, 0.25) is 0 Å². The average molecular weight is 823 g/mol. The number of rotatable bonds is 41. The molecule has 0 saturated heterocycles. The largest absolute Gasteiger partial charge is 0.469 e. The fraction of sp³-hybridized carbons (Fsp3) is 0.745. The molecule has 0 spiro atoms. The fourth-order valence-corrected chi connectivity index (χ4v) is 6.51. The number of unbranched alkanes of at least 4 members (excludes halogenated alkanes) is 21. The molecule has 0 rings (SSSR count). The topological polar surface area (TPSA) is 140 Å². The smallest absolute Gasteiger partial charge is 0.462 e. The molecule has 0 aliphatic heterocycles. The predicted octanol–water partition coefficient (Wildman–Crippen LogP) is 13.0. The first-order valence-electron chi connectivity index (χ1n) is 22.7. The van der Waals surface area contributed by atoms with Crippen LogP contribution in [0.4, 0.5) is 0 Å². The van der Waals surface area contributed by atoms with Crippen LogP contribution in [0.3, 0.4) is 0 Å². The SMILES string of the molecule is CCCCC/C=C\C=C/[C@@H](O)C/C=C\C/C=C/CCCC(=O)OC[C@H](COP(=O)(O)O)OC(=O)CCCCCCCCCCCCC/C=C\CCCCCCCC. The standard InChI is InChI=1S/C47H83O9P/c1-3-5-7-9-11-12-13-14-15-16-17-18-19-20-21-22-23-24-28-33-37-41-47(50)56-45(43-55-57(51,52)53)42-54-46(49)40-36-32-29-25-27-31-35-39-44(48)38-34-30-26-10-8-6-4-2/h14-15,25-26,29-31,34-35,38,44-45,48H,3-13,16-24,27-28,32-33,36-37,39-43H2,1-2H3,(H2,51,52,53)/b15-14-,29-25+,30-26-,35-31-,38-34-/t44-,45-/m1/s1. The van der Waals surface area contributed by atoms with Crippen molar-refractivity contribution in [2.75, 3.05) is 13.2 Å². The van der Waals surface area contributed by atoms with Gasteiger partial charge in [-0.3, -0.25) is 14.1 Å². The molecule has 330 valence electrons. The van der Waals surface area contributed by atoms with Gasteiger partial charge in [0.2, 0.25) is 0 Å². The number of aliphatic hydroxyl groups is 1. The Morgan fingerprint density at radius 3 is 1.63 bits per heavy atom. The van der Waals surface area contributed by atoms with Crippen LogP contribution in [0.1, 0.15) is 200 Å².